The second-order valence-corrected chi connectivity index (χ2v) is 4.66. The minimum atomic E-state index is -1.50. The van der Waals surface area contributed by atoms with E-state index in [9.17, 15) is 14.4 Å². The van der Waals surface area contributed by atoms with Crippen molar-refractivity contribution < 1.29 is 29.3 Å². The van der Waals surface area contributed by atoms with E-state index in [0.717, 1.165) is 0 Å². The van der Waals surface area contributed by atoms with Gasteiger partial charge in [0.25, 0.3) is 5.91 Å². The Bertz CT molecular complexity index is 545. The van der Waals surface area contributed by atoms with Crippen molar-refractivity contribution in [1.29, 1.82) is 0 Å². The smallest absolute Gasteiger partial charge is 0.326 e. The first kappa shape index (κ1) is 16.0. The van der Waals surface area contributed by atoms with Crippen LogP contribution in [0.3, 0.4) is 0 Å². The summed E-state index contributed by atoms with van der Waals surface area (Å²) in [6.07, 6.45) is -0.706. The number of rotatable bonds is 6. The number of methoxy groups -OCH3 is 1. The standard InChI is InChI=1S/C12H12BrNO6/c1-20-6-2-3-8(13)7(4-6)11(17)14-9(12(18)19)5-10(15)16/h2-4,9H,5H2,1H3,(H,14,17)(H,15,16)(H,18,19)/t9-/m0/s1. The Kier molecular flexibility index (Phi) is 5.51. The first-order valence-corrected chi connectivity index (χ1v) is 6.23. The van der Waals surface area contributed by atoms with Gasteiger partial charge in [0, 0.05) is 4.47 Å². The van der Waals surface area contributed by atoms with Crippen LogP contribution in [0.15, 0.2) is 22.7 Å². The second-order valence-electron chi connectivity index (χ2n) is 3.81. The molecule has 0 aliphatic heterocycles. The number of carbonyl (C=O) groups is 3. The van der Waals surface area contributed by atoms with Crippen LogP contribution < -0.4 is 10.1 Å². The molecule has 1 rings (SSSR count). The maximum atomic E-state index is 12.0. The van der Waals surface area contributed by atoms with Crippen LogP contribution in [0.25, 0.3) is 0 Å². The molecular formula is C12H12BrNO6. The summed E-state index contributed by atoms with van der Waals surface area (Å²) < 4.78 is 5.41. The fraction of sp³-hybridized carbons (Fsp3) is 0.250. The average molecular weight is 346 g/mol. The molecular weight excluding hydrogens is 334 g/mol. The number of benzene rings is 1. The summed E-state index contributed by atoms with van der Waals surface area (Å²) in [5, 5.41) is 19.6. The number of carbonyl (C=O) groups excluding carboxylic acids is 1. The molecule has 108 valence electrons. The summed E-state index contributed by atoms with van der Waals surface area (Å²) in [4.78, 5) is 33.4. The van der Waals surface area contributed by atoms with Gasteiger partial charge in [-0.2, -0.15) is 0 Å². The number of amides is 1. The van der Waals surface area contributed by atoms with E-state index >= 15 is 0 Å². The number of halogens is 1. The Morgan fingerprint density at radius 2 is 2.00 bits per heavy atom. The van der Waals surface area contributed by atoms with E-state index < -0.39 is 30.3 Å². The molecule has 1 atom stereocenters. The molecule has 1 aromatic carbocycles. The van der Waals surface area contributed by atoms with Gasteiger partial charge in [-0.1, -0.05) is 0 Å². The molecule has 0 bridgehead atoms. The van der Waals surface area contributed by atoms with E-state index in [0.29, 0.717) is 10.2 Å². The van der Waals surface area contributed by atoms with Crippen LogP contribution in [-0.2, 0) is 9.59 Å². The Morgan fingerprint density at radius 3 is 2.50 bits per heavy atom. The Labute approximate surface area is 122 Å². The zero-order chi connectivity index (χ0) is 15.3. The molecule has 0 saturated heterocycles. The highest BCUT2D eigenvalue weighted by atomic mass is 79.9. The quantitative estimate of drug-likeness (QED) is 0.711. The van der Waals surface area contributed by atoms with E-state index in [-0.39, 0.29) is 5.56 Å². The van der Waals surface area contributed by atoms with Crippen LogP contribution >= 0.6 is 15.9 Å². The van der Waals surface area contributed by atoms with E-state index in [2.05, 4.69) is 21.2 Å². The highest BCUT2D eigenvalue weighted by molar-refractivity contribution is 9.10. The first-order chi connectivity index (χ1) is 9.35. The molecule has 0 unspecified atom stereocenters. The van der Waals surface area contributed by atoms with Crippen molar-refractivity contribution >= 4 is 33.8 Å². The predicted molar refractivity (Wildman–Crippen MR) is 71.8 cm³/mol. The van der Waals surface area contributed by atoms with Crippen molar-refractivity contribution in [3.05, 3.63) is 28.2 Å². The van der Waals surface area contributed by atoms with E-state index in [1.807, 2.05) is 0 Å². The van der Waals surface area contributed by atoms with Crippen molar-refractivity contribution in [2.24, 2.45) is 0 Å². The van der Waals surface area contributed by atoms with Crippen LogP contribution in [0.4, 0.5) is 0 Å². The van der Waals surface area contributed by atoms with Gasteiger partial charge in [0.2, 0.25) is 0 Å². The average Bonchev–Trinajstić information content (AvgIpc) is 2.37. The van der Waals surface area contributed by atoms with Crippen LogP contribution in [-0.4, -0.2) is 41.2 Å². The summed E-state index contributed by atoms with van der Waals surface area (Å²) in [7, 11) is 1.43. The molecule has 0 aliphatic rings. The molecule has 20 heavy (non-hydrogen) atoms. The third kappa shape index (κ3) is 4.23. The second kappa shape index (κ2) is 6.90. The van der Waals surface area contributed by atoms with Crippen molar-refractivity contribution in [3.63, 3.8) is 0 Å². The highest BCUT2D eigenvalue weighted by Crippen LogP contribution is 2.22. The molecule has 7 nitrogen and oxygen atoms in total. The lowest BCUT2D eigenvalue weighted by Crippen LogP contribution is -2.42. The minimum Gasteiger partial charge on any atom is -0.497 e. The summed E-state index contributed by atoms with van der Waals surface area (Å²) in [6, 6.07) is 3.10. The lowest BCUT2D eigenvalue weighted by molar-refractivity contribution is -0.145. The van der Waals surface area contributed by atoms with Gasteiger partial charge in [0.15, 0.2) is 0 Å². The maximum absolute atomic E-state index is 12.0. The molecule has 8 heteroatoms. The third-order valence-corrected chi connectivity index (χ3v) is 3.09. The number of hydrogen-bond acceptors (Lipinski definition) is 4. The Hall–Kier alpha value is -2.09. The molecule has 0 saturated carbocycles. The van der Waals surface area contributed by atoms with E-state index in [4.69, 9.17) is 14.9 Å². The van der Waals surface area contributed by atoms with Gasteiger partial charge in [-0.3, -0.25) is 9.59 Å². The van der Waals surface area contributed by atoms with Gasteiger partial charge in [0.05, 0.1) is 19.1 Å². The zero-order valence-corrected chi connectivity index (χ0v) is 12.0. The summed E-state index contributed by atoms with van der Waals surface area (Å²) >= 11 is 3.16. The van der Waals surface area contributed by atoms with Gasteiger partial charge in [-0.05, 0) is 34.1 Å². The normalized spacial score (nSPS) is 11.5. The van der Waals surface area contributed by atoms with Crippen LogP contribution in [0, 0.1) is 0 Å². The molecule has 0 radical (unpaired) electrons. The van der Waals surface area contributed by atoms with Crippen molar-refractivity contribution in [1.82, 2.24) is 5.32 Å². The SMILES string of the molecule is COc1ccc(Br)c(C(=O)N[C@@H](CC(=O)O)C(=O)O)c1. The highest BCUT2D eigenvalue weighted by Gasteiger charge is 2.24. The molecule has 0 spiro atoms. The zero-order valence-electron chi connectivity index (χ0n) is 10.4. The van der Waals surface area contributed by atoms with Gasteiger partial charge in [-0.15, -0.1) is 0 Å². The first-order valence-electron chi connectivity index (χ1n) is 5.44. The molecule has 3 N–H and O–H groups in total. The maximum Gasteiger partial charge on any atom is 0.326 e. The van der Waals surface area contributed by atoms with Gasteiger partial charge in [0.1, 0.15) is 11.8 Å². The lowest BCUT2D eigenvalue weighted by atomic mass is 10.1. The molecule has 0 heterocycles. The fourth-order valence-corrected chi connectivity index (χ4v) is 1.84. The number of hydrogen-bond donors (Lipinski definition) is 3. The number of carboxylic acids is 2. The van der Waals surface area contributed by atoms with E-state index in [1.165, 1.54) is 13.2 Å². The van der Waals surface area contributed by atoms with Gasteiger partial charge >= 0.3 is 11.9 Å². The predicted octanol–water partition coefficient (Wildman–Crippen LogP) is 1.12. The topological polar surface area (TPSA) is 113 Å². The summed E-state index contributed by atoms with van der Waals surface area (Å²) in [6.45, 7) is 0. The van der Waals surface area contributed by atoms with Crippen molar-refractivity contribution in [2.75, 3.05) is 7.11 Å². The van der Waals surface area contributed by atoms with Gasteiger partial charge < -0.3 is 20.3 Å². The molecule has 1 aromatic rings. The van der Waals surface area contributed by atoms with Crippen LogP contribution in [0.5, 0.6) is 5.75 Å². The number of ether oxygens (including phenoxy) is 1. The minimum absolute atomic E-state index is 0.154. The number of aliphatic carboxylic acids is 2. The van der Waals surface area contributed by atoms with Crippen molar-refractivity contribution in [3.8, 4) is 5.75 Å². The molecule has 0 aliphatic carbocycles. The summed E-state index contributed by atoms with van der Waals surface area (Å²) in [5.41, 5.74) is 0.154. The van der Waals surface area contributed by atoms with Crippen LogP contribution in [0.1, 0.15) is 16.8 Å². The Morgan fingerprint density at radius 1 is 1.35 bits per heavy atom. The third-order valence-electron chi connectivity index (χ3n) is 2.40. The fourth-order valence-electron chi connectivity index (χ4n) is 1.42. The largest absolute Gasteiger partial charge is 0.497 e. The van der Waals surface area contributed by atoms with Crippen molar-refractivity contribution in [2.45, 2.75) is 12.5 Å². The molecule has 1 amide bonds. The monoisotopic (exact) mass is 345 g/mol. The van der Waals surface area contributed by atoms with Gasteiger partial charge in [-0.25, -0.2) is 4.79 Å². The van der Waals surface area contributed by atoms with Crippen LogP contribution in [0.2, 0.25) is 0 Å². The summed E-state index contributed by atoms with van der Waals surface area (Å²) in [5.74, 6) is -3.02. The lowest BCUT2D eigenvalue weighted by Gasteiger charge is -2.13. The van der Waals surface area contributed by atoms with E-state index in [1.54, 1.807) is 12.1 Å². The molecule has 0 aromatic heterocycles. The Balaban J connectivity index is 2.94. The number of nitrogens with one attached hydrogen (secondary N) is 1. The number of carboxylic acid groups (broad SMARTS) is 2. The molecule has 0 fully saturated rings.